The summed E-state index contributed by atoms with van der Waals surface area (Å²) in [7, 11) is 0. The molecule has 6 N–H and O–H groups in total. The third-order valence-electron chi connectivity index (χ3n) is 7.22. The quantitative estimate of drug-likeness (QED) is 0.155. The number of benzene rings is 1. The van der Waals surface area contributed by atoms with E-state index in [0.29, 0.717) is 45.9 Å². The summed E-state index contributed by atoms with van der Waals surface area (Å²) in [5, 5.41) is 66.8. The van der Waals surface area contributed by atoms with E-state index in [0.717, 1.165) is 27.8 Å². The Morgan fingerprint density at radius 2 is 1.90 bits per heavy atom. The summed E-state index contributed by atoms with van der Waals surface area (Å²) >= 11 is 0.994. The Bertz CT molecular complexity index is 1660. The molecule has 0 saturated carbocycles. The minimum Gasteiger partial charge on any atom is -0.363 e. The normalized spacial score (nSPS) is 18.0. The van der Waals surface area contributed by atoms with Gasteiger partial charge in [0.15, 0.2) is 10.7 Å². The smallest absolute Gasteiger partial charge is 0.363 e. The molecule has 14 nitrogen and oxygen atoms in total. The van der Waals surface area contributed by atoms with Gasteiger partial charge in [-0.3, -0.25) is 9.69 Å². The second-order valence-corrected chi connectivity index (χ2v) is 10.9. The Morgan fingerprint density at radius 1 is 1.15 bits per heavy atom. The van der Waals surface area contributed by atoms with Crippen molar-refractivity contribution < 1.29 is 30.6 Å². The molecule has 0 bridgehead atoms. The van der Waals surface area contributed by atoms with E-state index in [9.17, 15) is 35.4 Å². The monoisotopic (exact) mass is 571 g/mol. The van der Waals surface area contributed by atoms with Gasteiger partial charge in [0.1, 0.15) is 0 Å². The lowest BCUT2D eigenvalue weighted by atomic mass is 10.0. The Kier molecular flexibility index (Phi) is 7.15. The van der Waals surface area contributed by atoms with Crippen molar-refractivity contribution in [2.45, 2.75) is 50.8 Å². The molecule has 0 spiro atoms. The lowest BCUT2D eigenvalue weighted by Gasteiger charge is -2.44. The molecule has 2 unspecified atom stereocenters. The Balaban J connectivity index is 1.45. The molecule has 1 aliphatic rings. The number of aliphatic hydroxyl groups is 6. The number of aromatic nitrogens is 4. The van der Waals surface area contributed by atoms with Crippen molar-refractivity contribution in [3.05, 3.63) is 57.1 Å². The molecule has 5 rings (SSSR count). The average Bonchev–Trinajstić information content (AvgIpc) is 3.50. The maximum Gasteiger partial charge on any atom is 0.391 e. The van der Waals surface area contributed by atoms with Crippen LogP contribution in [-0.2, 0) is 18.5 Å². The number of rotatable bonds is 7. The maximum absolute atomic E-state index is 12.9. The molecule has 4 aromatic rings. The van der Waals surface area contributed by atoms with Crippen LogP contribution in [0.4, 0.5) is 5.69 Å². The van der Waals surface area contributed by atoms with E-state index >= 15 is 0 Å². The summed E-state index contributed by atoms with van der Waals surface area (Å²) in [5.74, 6) is -3.00. The summed E-state index contributed by atoms with van der Waals surface area (Å²) in [6, 6.07) is 8.71. The third kappa shape index (κ3) is 5.07. The molecule has 1 saturated heterocycles. The van der Waals surface area contributed by atoms with Crippen molar-refractivity contribution in [1.29, 1.82) is 5.26 Å². The van der Waals surface area contributed by atoms with E-state index in [2.05, 4.69) is 21.8 Å². The second kappa shape index (κ2) is 10.2. The third-order valence-corrected chi connectivity index (χ3v) is 8.33. The first-order valence-corrected chi connectivity index (χ1v) is 13.4. The Labute approximate surface area is 231 Å². The van der Waals surface area contributed by atoms with Gasteiger partial charge in [-0.1, -0.05) is 13.0 Å². The van der Waals surface area contributed by atoms with Gasteiger partial charge < -0.3 is 35.5 Å². The first-order valence-electron chi connectivity index (χ1n) is 12.6. The molecule has 40 heavy (non-hydrogen) atoms. The van der Waals surface area contributed by atoms with Crippen LogP contribution in [0, 0.1) is 11.3 Å². The predicted octanol–water partition coefficient (Wildman–Crippen LogP) is -0.535. The van der Waals surface area contributed by atoms with Gasteiger partial charge in [-0.25, -0.2) is 14.5 Å². The van der Waals surface area contributed by atoms with E-state index in [1.54, 1.807) is 6.07 Å². The van der Waals surface area contributed by atoms with E-state index in [-0.39, 0.29) is 29.2 Å². The van der Waals surface area contributed by atoms with Gasteiger partial charge in [-0.05, 0) is 31.0 Å². The fourth-order valence-electron chi connectivity index (χ4n) is 5.22. The van der Waals surface area contributed by atoms with Crippen molar-refractivity contribution in [2.24, 2.45) is 0 Å². The van der Waals surface area contributed by atoms with Gasteiger partial charge in [0, 0.05) is 37.8 Å². The Morgan fingerprint density at radius 3 is 2.55 bits per heavy atom. The van der Waals surface area contributed by atoms with Crippen LogP contribution in [0.1, 0.15) is 42.6 Å². The number of fused-ring (bicyclic) bond motifs is 2. The van der Waals surface area contributed by atoms with Crippen molar-refractivity contribution in [3.63, 3.8) is 0 Å². The summed E-state index contributed by atoms with van der Waals surface area (Å²) in [6.45, 7) is 5.83. The molecule has 0 aliphatic carbocycles. The largest absolute Gasteiger partial charge is 0.391 e. The number of imidazole rings is 1. The van der Waals surface area contributed by atoms with Gasteiger partial charge in [0.05, 0.1) is 40.3 Å². The maximum atomic E-state index is 12.9. The molecule has 1 fully saturated rings. The topological polar surface area (TPSA) is 204 Å². The molecular formula is C25H29N7O7S. The fraction of sp³-hybridized carbons (Fsp3) is 0.440. The molecule has 212 valence electrons. The fourth-order valence-corrected chi connectivity index (χ4v) is 6.12. The SMILES string of the molecule is CCC1CN(C(C)c2ccc3nc(C(O)(O)O)sc3c2)CCN1c1cc(=O)n(C(O)(O)O)n2cc(CC#N)nc12. The lowest BCUT2D eigenvalue weighted by Crippen LogP contribution is -2.54. The van der Waals surface area contributed by atoms with Gasteiger partial charge in [0.25, 0.3) is 5.56 Å². The highest BCUT2D eigenvalue weighted by molar-refractivity contribution is 7.18. The number of nitrogens with zero attached hydrogens (tertiary/aromatic N) is 7. The summed E-state index contributed by atoms with van der Waals surface area (Å²) < 4.78 is 2.12. The van der Waals surface area contributed by atoms with Crippen LogP contribution in [0.2, 0.25) is 0 Å². The van der Waals surface area contributed by atoms with E-state index in [4.69, 9.17) is 5.26 Å². The minimum atomic E-state index is -3.47. The summed E-state index contributed by atoms with van der Waals surface area (Å²) in [6.07, 6.45) is -1.51. The zero-order valence-corrected chi connectivity index (χ0v) is 22.5. The summed E-state index contributed by atoms with van der Waals surface area (Å²) in [4.78, 5) is 25.8. The molecule has 0 amide bonds. The van der Waals surface area contributed by atoms with Crippen molar-refractivity contribution >= 4 is 32.9 Å². The molecule has 1 aromatic carbocycles. The molecule has 1 aliphatic heterocycles. The molecule has 15 heteroatoms. The molecule has 4 heterocycles. The molecule has 0 radical (unpaired) electrons. The van der Waals surface area contributed by atoms with Gasteiger partial charge >= 0.3 is 12.1 Å². The highest BCUT2D eigenvalue weighted by atomic mass is 32.1. The van der Waals surface area contributed by atoms with E-state index in [1.165, 1.54) is 12.3 Å². The number of thiazole rings is 1. The predicted molar refractivity (Wildman–Crippen MR) is 143 cm³/mol. The average molecular weight is 572 g/mol. The van der Waals surface area contributed by atoms with Gasteiger partial charge in [-0.2, -0.15) is 9.94 Å². The first kappa shape index (κ1) is 28.1. The zero-order chi connectivity index (χ0) is 29.0. The highest BCUT2D eigenvalue weighted by Crippen LogP contribution is 2.33. The van der Waals surface area contributed by atoms with Crippen molar-refractivity contribution in [1.82, 2.24) is 24.1 Å². The minimum absolute atomic E-state index is 0.0197. The molecule has 3 aromatic heterocycles. The van der Waals surface area contributed by atoms with Gasteiger partial charge in [-0.15, -0.1) is 11.3 Å². The van der Waals surface area contributed by atoms with E-state index in [1.807, 2.05) is 30.0 Å². The van der Waals surface area contributed by atoms with Crippen LogP contribution in [0.3, 0.4) is 0 Å². The standard InChI is InChI=1S/C25H29N7O7S/c1-3-17-13-29(14(2)15-4-5-18-20(10-15)40-23(28-18)24(34,35)36)8-9-30(17)19-11-21(33)32(25(37,38)39)31-12-16(6-7-26)27-22(19)31/h4-5,10-12,14,17,34-39H,3,6,8-9,13H2,1-2H3. The molecular weight excluding hydrogens is 542 g/mol. The lowest BCUT2D eigenvalue weighted by molar-refractivity contribution is -0.384. The van der Waals surface area contributed by atoms with Crippen molar-refractivity contribution in [2.75, 3.05) is 24.5 Å². The van der Waals surface area contributed by atoms with Crippen LogP contribution < -0.4 is 10.5 Å². The summed E-state index contributed by atoms with van der Waals surface area (Å²) in [5.41, 5.74) is 1.61. The van der Waals surface area contributed by atoms with Crippen LogP contribution >= 0.6 is 11.3 Å². The van der Waals surface area contributed by atoms with Crippen molar-refractivity contribution in [3.8, 4) is 6.07 Å². The Hall–Kier alpha value is -3.46. The number of hydrogen-bond donors (Lipinski definition) is 6. The van der Waals surface area contributed by atoms with Crippen LogP contribution in [-0.4, -0.2) is 80.4 Å². The number of hydrogen-bond acceptors (Lipinski definition) is 13. The first-order chi connectivity index (χ1) is 18.8. The highest BCUT2D eigenvalue weighted by Gasteiger charge is 2.34. The molecule has 2 atom stereocenters. The zero-order valence-electron chi connectivity index (χ0n) is 21.7. The number of piperazine rings is 1. The van der Waals surface area contributed by atoms with Crippen LogP contribution in [0.5, 0.6) is 0 Å². The second-order valence-electron chi connectivity index (χ2n) is 9.82. The van der Waals surface area contributed by atoms with Crippen LogP contribution in [0.25, 0.3) is 15.9 Å². The van der Waals surface area contributed by atoms with E-state index < -0.39 is 17.6 Å². The number of nitriles is 1. The van der Waals surface area contributed by atoms with Crippen LogP contribution in [0.15, 0.2) is 35.3 Å². The van der Waals surface area contributed by atoms with Gasteiger partial charge in [0.2, 0.25) is 0 Å². The number of anilines is 1.